The molecule has 0 unspecified atom stereocenters. The molecule has 276 valence electrons. The summed E-state index contributed by atoms with van der Waals surface area (Å²) in [4.78, 5) is 54.8. The van der Waals surface area contributed by atoms with E-state index in [9.17, 15) is 19.2 Å². The maximum atomic E-state index is 13.7. The molecule has 0 fully saturated rings. The quantitative estimate of drug-likeness (QED) is 0.0350. The fourth-order valence-electron chi connectivity index (χ4n) is 6.30. The molecule has 53 heavy (non-hydrogen) atoms. The summed E-state index contributed by atoms with van der Waals surface area (Å²) in [7, 11) is 1.96. The Morgan fingerprint density at radius 1 is 0.415 bits per heavy atom. The SMILES string of the molecule is COC(=O)C(C(=O)OC)[C@H](c1[c-]c([C@@H](C(C(=O)OC)C(=O)OC)P(c2ccccc2)c2ccccc2)ccc1)P(c1ccccc1)c1ccccc1.[Ni]. The third kappa shape index (κ3) is 9.47. The summed E-state index contributed by atoms with van der Waals surface area (Å²) in [6.07, 6.45) is 0. The van der Waals surface area contributed by atoms with E-state index < -0.39 is 62.9 Å². The second-order valence-corrected chi connectivity index (χ2v) is 16.2. The van der Waals surface area contributed by atoms with E-state index in [-0.39, 0.29) is 16.5 Å². The number of carbonyl (C=O) groups excluding carboxylic acids is 4. The van der Waals surface area contributed by atoms with Crippen molar-refractivity contribution in [2.45, 2.75) is 11.3 Å². The summed E-state index contributed by atoms with van der Waals surface area (Å²) >= 11 is 0. The van der Waals surface area contributed by atoms with Crippen LogP contribution in [0.1, 0.15) is 22.4 Å². The van der Waals surface area contributed by atoms with Gasteiger partial charge in [-0.1, -0.05) is 121 Å². The van der Waals surface area contributed by atoms with Crippen molar-refractivity contribution in [1.82, 2.24) is 0 Å². The largest absolute Gasteiger partial charge is 0.468 e. The van der Waals surface area contributed by atoms with E-state index in [1.54, 1.807) is 6.07 Å². The number of methoxy groups -OCH3 is 4. The minimum atomic E-state index is -1.50. The fraction of sp³-hybridized carbons (Fsp3) is 0.190. The predicted octanol–water partition coefficient (Wildman–Crippen LogP) is 5.76. The molecule has 0 saturated heterocycles. The monoisotopic (exact) mass is 791 g/mol. The van der Waals surface area contributed by atoms with Gasteiger partial charge in [-0.3, -0.25) is 19.2 Å². The summed E-state index contributed by atoms with van der Waals surface area (Å²) < 4.78 is 21.0. The van der Waals surface area contributed by atoms with Gasteiger partial charge in [-0.25, -0.2) is 0 Å². The molecule has 0 bridgehead atoms. The molecule has 5 aromatic rings. The van der Waals surface area contributed by atoms with E-state index in [0.717, 1.165) is 21.2 Å². The Labute approximate surface area is 322 Å². The van der Waals surface area contributed by atoms with Crippen molar-refractivity contribution >= 4 is 60.9 Å². The van der Waals surface area contributed by atoms with E-state index >= 15 is 0 Å². The number of carbonyl (C=O) groups is 4. The molecule has 0 aliphatic rings. The summed E-state index contributed by atoms with van der Waals surface area (Å²) in [5.74, 6) is -5.80. The van der Waals surface area contributed by atoms with Gasteiger partial charge in [0.2, 0.25) is 0 Å². The average molecular weight is 792 g/mol. The first-order chi connectivity index (χ1) is 25.3. The zero-order valence-electron chi connectivity index (χ0n) is 29.6. The molecule has 0 N–H and O–H groups in total. The number of esters is 4. The molecule has 0 aromatic heterocycles. The third-order valence-electron chi connectivity index (χ3n) is 8.62. The van der Waals surface area contributed by atoms with E-state index in [1.807, 2.05) is 133 Å². The first kappa shape index (κ1) is 41.1. The Hall–Kier alpha value is -4.67. The van der Waals surface area contributed by atoms with Gasteiger partial charge in [0.25, 0.3) is 0 Å². The second-order valence-electron chi connectivity index (χ2n) is 11.6. The topological polar surface area (TPSA) is 105 Å². The molecule has 11 heteroatoms. The molecule has 0 aliphatic carbocycles. The summed E-state index contributed by atoms with van der Waals surface area (Å²) in [6, 6.07) is 47.7. The van der Waals surface area contributed by atoms with Gasteiger partial charge in [-0.2, -0.15) is 35.4 Å². The van der Waals surface area contributed by atoms with Crippen LogP contribution in [0.15, 0.2) is 140 Å². The first-order valence-electron chi connectivity index (χ1n) is 16.5. The van der Waals surface area contributed by atoms with Crippen molar-refractivity contribution < 1.29 is 54.6 Å². The van der Waals surface area contributed by atoms with Gasteiger partial charge < -0.3 is 18.9 Å². The van der Waals surface area contributed by atoms with Crippen molar-refractivity contribution in [1.29, 1.82) is 0 Å². The van der Waals surface area contributed by atoms with Crippen LogP contribution in [0.25, 0.3) is 0 Å². The number of benzene rings is 5. The third-order valence-corrected chi connectivity index (χ3v) is 14.3. The molecule has 0 radical (unpaired) electrons. The number of rotatable bonds is 14. The summed E-state index contributed by atoms with van der Waals surface area (Å²) in [5.41, 5.74) is -0.664. The van der Waals surface area contributed by atoms with Crippen molar-refractivity contribution in [3.63, 3.8) is 0 Å². The predicted molar refractivity (Wildman–Crippen MR) is 204 cm³/mol. The van der Waals surface area contributed by atoms with Crippen LogP contribution in [0.4, 0.5) is 0 Å². The van der Waals surface area contributed by atoms with Crippen molar-refractivity contribution in [3.05, 3.63) is 157 Å². The maximum Gasteiger partial charge on any atom is 0.320 e. The number of hydrogen-bond donors (Lipinski definition) is 0. The zero-order valence-corrected chi connectivity index (χ0v) is 32.3. The Balaban J connectivity index is 0.00000627. The minimum absolute atomic E-state index is 0. The Kier molecular flexibility index (Phi) is 15.5. The van der Waals surface area contributed by atoms with E-state index in [0.29, 0.717) is 11.1 Å². The van der Waals surface area contributed by atoms with Crippen molar-refractivity contribution in [2.24, 2.45) is 11.8 Å². The standard InChI is InChI=1S/C42H39O8P2.Ni/c1-47-39(43)35(40(44)48-2)37(51(31-20-9-5-10-21-31)32-22-11-6-12-23-32)29-18-17-19-30(28-29)38(36(41(45)49-3)42(46)50-4)52(33-24-13-7-14-25-33)34-26-15-8-16-27-34;/h5-27,35-38H,1-4H3;/q-1;/t37-,38-;/m0./s1. The fourth-order valence-corrected chi connectivity index (χ4v) is 12.1. The molecular formula is C42H39NiO8P2-. The molecule has 0 aliphatic heterocycles. The molecule has 8 nitrogen and oxygen atoms in total. The van der Waals surface area contributed by atoms with Gasteiger partial charge in [-0.05, 0) is 37.1 Å². The Morgan fingerprint density at radius 2 is 0.660 bits per heavy atom. The molecule has 5 rings (SSSR count). The van der Waals surface area contributed by atoms with E-state index in [2.05, 4.69) is 6.07 Å². The number of ether oxygens (including phenoxy) is 4. The molecule has 0 spiro atoms. The van der Waals surface area contributed by atoms with Gasteiger partial charge in [0.15, 0.2) is 11.8 Å². The summed E-state index contributed by atoms with van der Waals surface area (Å²) in [6.45, 7) is 0. The van der Waals surface area contributed by atoms with Crippen LogP contribution in [0.5, 0.6) is 0 Å². The smallest absolute Gasteiger partial charge is 0.320 e. The van der Waals surface area contributed by atoms with Gasteiger partial charge in [0.1, 0.15) is 0 Å². The number of hydrogen-bond acceptors (Lipinski definition) is 8. The Morgan fingerprint density at radius 3 is 0.887 bits per heavy atom. The van der Waals surface area contributed by atoms with Crippen LogP contribution in [-0.4, -0.2) is 52.3 Å². The second kappa shape index (κ2) is 20.0. The van der Waals surface area contributed by atoms with Crippen LogP contribution in [0, 0.1) is 17.9 Å². The van der Waals surface area contributed by atoms with Crippen LogP contribution >= 0.6 is 15.8 Å². The normalized spacial score (nSPS) is 12.1. The molecular weight excluding hydrogens is 753 g/mol. The van der Waals surface area contributed by atoms with Crippen molar-refractivity contribution in [2.75, 3.05) is 28.4 Å². The van der Waals surface area contributed by atoms with Gasteiger partial charge in [-0.15, -0.1) is 0 Å². The van der Waals surface area contributed by atoms with Crippen LogP contribution in [0.3, 0.4) is 0 Å². The first-order valence-corrected chi connectivity index (χ1v) is 19.3. The van der Waals surface area contributed by atoms with Crippen LogP contribution in [0.2, 0.25) is 0 Å². The molecule has 2 atom stereocenters. The van der Waals surface area contributed by atoms with Gasteiger partial charge in [0.05, 0.1) is 28.4 Å². The van der Waals surface area contributed by atoms with Crippen LogP contribution in [-0.2, 0) is 54.6 Å². The molecule has 0 saturated carbocycles. The van der Waals surface area contributed by atoms with E-state index in [1.165, 1.54) is 28.4 Å². The van der Waals surface area contributed by atoms with E-state index in [4.69, 9.17) is 18.9 Å². The van der Waals surface area contributed by atoms with Crippen LogP contribution < -0.4 is 21.2 Å². The molecule has 0 heterocycles. The maximum absolute atomic E-state index is 13.7. The molecule has 5 aromatic carbocycles. The van der Waals surface area contributed by atoms with Gasteiger partial charge in [0, 0.05) is 27.8 Å². The minimum Gasteiger partial charge on any atom is -0.468 e. The van der Waals surface area contributed by atoms with Gasteiger partial charge >= 0.3 is 23.9 Å². The zero-order chi connectivity index (χ0) is 37.0. The summed E-state index contributed by atoms with van der Waals surface area (Å²) in [5, 5.41) is 3.61. The van der Waals surface area contributed by atoms with Crippen molar-refractivity contribution in [3.8, 4) is 0 Å². The molecule has 0 amide bonds. The average Bonchev–Trinajstić information content (AvgIpc) is 3.21. The Bertz CT molecular complexity index is 1700.